The number of benzene rings is 1. The molecule has 0 aliphatic heterocycles. The summed E-state index contributed by atoms with van der Waals surface area (Å²) < 4.78 is 13.3. The molecule has 0 saturated carbocycles. The molecule has 0 fully saturated rings. The van der Waals surface area contributed by atoms with Gasteiger partial charge in [-0.15, -0.1) is 0 Å². The summed E-state index contributed by atoms with van der Waals surface area (Å²) in [5, 5.41) is 3.20. The SMILES string of the molecule is CC(C)(C)NCc1c(N)cccc1F. The van der Waals surface area contributed by atoms with Crippen molar-refractivity contribution in [2.45, 2.75) is 32.9 Å². The lowest BCUT2D eigenvalue weighted by Crippen LogP contribution is -2.35. The molecule has 3 heteroatoms. The van der Waals surface area contributed by atoms with Crippen LogP contribution in [-0.4, -0.2) is 5.54 Å². The fraction of sp³-hybridized carbons (Fsp3) is 0.455. The van der Waals surface area contributed by atoms with Crippen LogP contribution in [0, 0.1) is 5.82 Å². The van der Waals surface area contributed by atoms with Crippen molar-refractivity contribution in [3.8, 4) is 0 Å². The normalized spacial score (nSPS) is 11.7. The number of rotatable bonds is 2. The van der Waals surface area contributed by atoms with Crippen LogP contribution in [0.2, 0.25) is 0 Å². The van der Waals surface area contributed by atoms with Crippen LogP contribution in [0.5, 0.6) is 0 Å². The summed E-state index contributed by atoms with van der Waals surface area (Å²) in [5.74, 6) is -0.248. The third kappa shape index (κ3) is 3.00. The highest BCUT2D eigenvalue weighted by Gasteiger charge is 2.11. The quantitative estimate of drug-likeness (QED) is 0.712. The molecule has 3 N–H and O–H groups in total. The first-order chi connectivity index (χ1) is 6.40. The van der Waals surface area contributed by atoms with E-state index in [0.717, 1.165) is 0 Å². The minimum absolute atomic E-state index is 0.0330. The average molecular weight is 196 g/mol. The molecule has 1 aromatic carbocycles. The molecule has 0 aliphatic rings. The van der Waals surface area contributed by atoms with E-state index < -0.39 is 0 Å². The predicted octanol–water partition coefficient (Wildman–Crippen LogP) is 2.30. The Morgan fingerprint density at radius 3 is 2.50 bits per heavy atom. The van der Waals surface area contributed by atoms with Crippen LogP contribution in [0.25, 0.3) is 0 Å². The van der Waals surface area contributed by atoms with Crippen molar-refractivity contribution < 1.29 is 4.39 Å². The fourth-order valence-corrected chi connectivity index (χ4v) is 1.12. The first kappa shape index (κ1) is 11.0. The summed E-state index contributed by atoms with van der Waals surface area (Å²) in [5.41, 5.74) is 6.68. The Bertz CT molecular complexity index is 295. The summed E-state index contributed by atoms with van der Waals surface area (Å²) in [6.07, 6.45) is 0. The Kier molecular flexibility index (Phi) is 3.11. The molecule has 0 aromatic heterocycles. The van der Waals surface area contributed by atoms with Crippen LogP contribution < -0.4 is 11.1 Å². The standard InChI is InChI=1S/C11H17FN2/c1-11(2,3)14-7-8-9(12)5-4-6-10(8)13/h4-6,14H,7,13H2,1-3H3. The van der Waals surface area contributed by atoms with Crippen LogP contribution in [0.4, 0.5) is 10.1 Å². The number of hydrogen-bond donors (Lipinski definition) is 2. The molecule has 0 radical (unpaired) electrons. The lowest BCUT2D eigenvalue weighted by atomic mass is 10.1. The highest BCUT2D eigenvalue weighted by Crippen LogP contribution is 2.16. The van der Waals surface area contributed by atoms with Gasteiger partial charge in [-0.25, -0.2) is 4.39 Å². The monoisotopic (exact) mass is 196 g/mol. The van der Waals surface area contributed by atoms with Crippen LogP contribution in [-0.2, 0) is 6.54 Å². The second kappa shape index (κ2) is 3.96. The smallest absolute Gasteiger partial charge is 0.129 e. The predicted molar refractivity (Wildman–Crippen MR) is 57.4 cm³/mol. The van der Waals surface area contributed by atoms with Gasteiger partial charge in [0.25, 0.3) is 0 Å². The molecule has 78 valence electrons. The van der Waals surface area contributed by atoms with Gasteiger partial charge in [0.1, 0.15) is 5.82 Å². The van der Waals surface area contributed by atoms with Gasteiger partial charge in [-0.2, -0.15) is 0 Å². The van der Waals surface area contributed by atoms with E-state index in [-0.39, 0.29) is 11.4 Å². The molecule has 0 bridgehead atoms. The Labute approximate surface area is 84.3 Å². The Hall–Kier alpha value is -1.09. The van der Waals surface area contributed by atoms with Crippen LogP contribution in [0.15, 0.2) is 18.2 Å². The van der Waals surface area contributed by atoms with Crippen molar-refractivity contribution in [3.63, 3.8) is 0 Å². The summed E-state index contributed by atoms with van der Waals surface area (Å²) in [7, 11) is 0. The number of nitrogen functional groups attached to an aromatic ring is 1. The van der Waals surface area contributed by atoms with Crippen molar-refractivity contribution in [1.29, 1.82) is 0 Å². The molecule has 0 amide bonds. The van der Waals surface area contributed by atoms with E-state index >= 15 is 0 Å². The van der Waals surface area contributed by atoms with Crippen molar-refractivity contribution in [3.05, 3.63) is 29.6 Å². The van der Waals surface area contributed by atoms with Crippen molar-refractivity contribution in [2.75, 3.05) is 5.73 Å². The molecule has 1 aromatic rings. The fourth-order valence-electron chi connectivity index (χ4n) is 1.12. The molecule has 14 heavy (non-hydrogen) atoms. The van der Waals surface area contributed by atoms with E-state index in [1.165, 1.54) is 6.07 Å². The number of halogens is 1. The summed E-state index contributed by atoms with van der Waals surface area (Å²) in [6.45, 7) is 6.56. The van der Waals surface area contributed by atoms with E-state index in [1.54, 1.807) is 12.1 Å². The number of nitrogens with two attached hydrogens (primary N) is 1. The van der Waals surface area contributed by atoms with E-state index in [1.807, 2.05) is 20.8 Å². The maximum atomic E-state index is 13.3. The van der Waals surface area contributed by atoms with Gasteiger partial charge in [-0.05, 0) is 32.9 Å². The maximum absolute atomic E-state index is 13.3. The number of hydrogen-bond acceptors (Lipinski definition) is 2. The van der Waals surface area contributed by atoms with Gasteiger partial charge in [0.15, 0.2) is 0 Å². The lowest BCUT2D eigenvalue weighted by molar-refractivity contribution is 0.419. The molecule has 0 spiro atoms. The van der Waals surface area contributed by atoms with E-state index in [0.29, 0.717) is 17.8 Å². The lowest BCUT2D eigenvalue weighted by Gasteiger charge is -2.21. The third-order valence-electron chi connectivity index (χ3n) is 1.95. The van der Waals surface area contributed by atoms with E-state index in [4.69, 9.17) is 5.73 Å². The van der Waals surface area contributed by atoms with Gasteiger partial charge >= 0.3 is 0 Å². The van der Waals surface area contributed by atoms with Crippen LogP contribution in [0.1, 0.15) is 26.3 Å². The summed E-state index contributed by atoms with van der Waals surface area (Å²) >= 11 is 0. The zero-order valence-corrected chi connectivity index (χ0v) is 8.89. The Morgan fingerprint density at radius 1 is 1.36 bits per heavy atom. The molecule has 2 nitrogen and oxygen atoms in total. The topological polar surface area (TPSA) is 38.0 Å². The molecular formula is C11H17FN2. The van der Waals surface area contributed by atoms with E-state index in [2.05, 4.69) is 5.32 Å². The zero-order valence-electron chi connectivity index (χ0n) is 8.89. The minimum Gasteiger partial charge on any atom is -0.398 e. The molecular weight excluding hydrogens is 179 g/mol. The second-order valence-corrected chi connectivity index (χ2v) is 4.41. The minimum atomic E-state index is -0.248. The van der Waals surface area contributed by atoms with Crippen molar-refractivity contribution >= 4 is 5.69 Å². The molecule has 0 aliphatic carbocycles. The highest BCUT2D eigenvalue weighted by atomic mass is 19.1. The average Bonchev–Trinajstić information content (AvgIpc) is 2.01. The molecule has 0 atom stereocenters. The third-order valence-corrected chi connectivity index (χ3v) is 1.95. The number of nitrogens with one attached hydrogen (secondary N) is 1. The van der Waals surface area contributed by atoms with Crippen LogP contribution in [0.3, 0.4) is 0 Å². The maximum Gasteiger partial charge on any atom is 0.129 e. The van der Waals surface area contributed by atoms with Gasteiger partial charge in [0, 0.05) is 23.3 Å². The van der Waals surface area contributed by atoms with Gasteiger partial charge in [-0.3, -0.25) is 0 Å². The Balaban J connectivity index is 2.77. The molecule has 1 rings (SSSR count). The summed E-state index contributed by atoms with van der Waals surface area (Å²) in [6, 6.07) is 4.75. The highest BCUT2D eigenvalue weighted by molar-refractivity contribution is 5.47. The zero-order chi connectivity index (χ0) is 10.8. The molecule has 0 unspecified atom stereocenters. The van der Waals surface area contributed by atoms with Gasteiger partial charge < -0.3 is 11.1 Å². The van der Waals surface area contributed by atoms with E-state index in [9.17, 15) is 4.39 Å². The van der Waals surface area contributed by atoms with Gasteiger partial charge in [0.2, 0.25) is 0 Å². The van der Waals surface area contributed by atoms with Gasteiger partial charge in [0.05, 0.1) is 0 Å². The Morgan fingerprint density at radius 2 is 2.00 bits per heavy atom. The largest absolute Gasteiger partial charge is 0.398 e. The van der Waals surface area contributed by atoms with Crippen molar-refractivity contribution in [2.24, 2.45) is 0 Å². The molecule has 0 heterocycles. The molecule has 0 saturated heterocycles. The second-order valence-electron chi connectivity index (χ2n) is 4.41. The van der Waals surface area contributed by atoms with Gasteiger partial charge in [-0.1, -0.05) is 6.07 Å². The van der Waals surface area contributed by atoms with Crippen molar-refractivity contribution in [1.82, 2.24) is 5.32 Å². The first-order valence-electron chi connectivity index (χ1n) is 4.68. The van der Waals surface area contributed by atoms with Crippen LogP contribution >= 0.6 is 0 Å². The first-order valence-corrected chi connectivity index (χ1v) is 4.68. The summed E-state index contributed by atoms with van der Waals surface area (Å²) in [4.78, 5) is 0. The number of anilines is 1.